The molecule has 10 heteroatoms. The highest BCUT2D eigenvalue weighted by Crippen LogP contribution is 2.36. The van der Waals surface area contributed by atoms with E-state index in [-0.39, 0.29) is 33.2 Å². The molecule has 1 aliphatic heterocycles. The number of sulfonamides is 1. The van der Waals surface area contributed by atoms with Crippen LogP contribution in [-0.4, -0.2) is 43.8 Å². The number of rotatable bonds is 5. The summed E-state index contributed by atoms with van der Waals surface area (Å²) in [5, 5.41) is 18.4. The van der Waals surface area contributed by atoms with Gasteiger partial charge in [-0.3, -0.25) is 4.72 Å². The Labute approximate surface area is 154 Å². The van der Waals surface area contributed by atoms with Crippen LogP contribution >= 0.6 is 0 Å². The van der Waals surface area contributed by atoms with Crippen molar-refractivity contribution in [2.75, 3.05) is 17.9 Å². The molecule has 0 saturated heterocycles. The van der Waals surface area contributed by atoms with Crippen molar-refractivity contribution in [3.8, 4) is 11.5 Å². The molecule has 2 aromatic rings. The molecule has 2 aromatic carbocycles. The Morgan fingerprint density at radius 3 is 2.26 bits per heavy atom. The lowest BCUT2D eigenvalue weighted by molar-refractivity contribution is 0.0686. The SMILES string of the molecule is O=C(O)c1cccc(S(=O)(=O)Nc2cc3c(cc2C(=O)O)OCCCO3)c1. The van der Waals surface area contributed by atoms with Crippen LogP contribution in [0.2, 0.25) is 0 Å². The molecule has 0 saturated carbocycles. The van der Waals surface area contributed by atoms with Crippen molar-refractivity contribution < 1.29 is 37.7 Å². The van der Waals surface area contributed by atoms with Gasteiger partial charge in [-0.25, -0.2) is 18.0 Å². The second-order valence-corrected chi connectivity index (χ2v) is 7.32. The number of carbonyl (C=O) groups is 2. The van der Waals surface area contributed by atoms with Gasteiger partial charge in [0.05, 0.1) is 34.9 Å². The Morgan fingerprint density at radius 1 is 0.963 bits per heavy atom. The van der Waals surface area contributed by atoms with Crippen LogP contribution in [0.1, 0.15) is 27.1 Å². The molecular weight excluding hydrogens is 378 g/mol. The number of anilines is 1. The first-order valence-corrected chi connectivity index (χ1v) is 9.29. The highest BCUT2D eigenvalue weighted by Gasteiger charge is 2.23. The van der Waals surface area contributed by atoms with E-state index < -0.39 is 22.0 Å². The van der Waals surface area contributed by atoms with Gasteiger partial charge >= 0.3 is 11.9 Å². The average molecular weight is 393 g/mol. The first-order valence-electron chi connectivity index (χ1n) is 7.81. The number of benzene rings is 2. The van der Waals surface area contributed by atoms with Crippen molar-refractivity contribution in [2.45, 2.75) is 11.3 Å². The number of carboxylic acids is 2. The van der Waals surface area contributed by atoms with Gasteiger partial charge in [0.2, 0.25) is 0 Å². The summed E-state index contributed by atoms with van der Waals surface area (Å²) in [7, 11) is -4.23. The van der Waals surface area contributed by atoms with E-state index in [1.54, 1.807) is 0 Å². The Hall–Kier alpha value is -3.27. The van der Waals surface area contributed by atoms with Gasteiger partial charge in [0.25, 0.3) is 10.0 Å². The summed E-state index contributed by atoms with van der Waals surface area (Å²) in [5.74, 6) is -2.22. The second-order valence-electron chi connectivity index (χ2n) is 5.64. The zero-order valence-electron chi connectivity index (χ0n) is 13.8. The normalized spacial score (nSPS) is 13.5. The minimum absolute atomic E-state index is 0.209. The number of aromatic carboxylic acids is 2. The van der Waals surface area contributed by atoms with Gasteiger partial charge in [0.1, 0.15) is 0 Å². The second kappa shape index (κ2) is 7.16. The van der Waals surface area contributed by atoms with E-state index in [9.17, 15) is 23.1 Å². The van der Waals surface area contributed by atoms with E-state index >= 15 is 0 Å². The van der Waals surface area contributed by atoms with Gasteiger partial charge in [-0.15, -0.1) is 0 Å². The fraction of sp³-hybridized carbons (Fsp3) is 0.176. The van der Waals surface area contributed by atoms with Crippen LogP contribution in [0, 0.1) is 0 Å². The molecule has 0 bridgehead atoms. The van der Waals surface area contributed by atoms with Gasteiger partial charge in [0.15, 0.2) is 11.5 Å². The zero-order valence-corrected chi connectivity index (χ0v) is 14.7. The standard InChI is InChI=1S/C17H15NO8S/c19-16(20)10-3-1-4-11(7-10)27(23,24)18-13-9-15-14(8-12(13)17(21)22)25-5-2-6-26-15/h1,3-4,7-9,18H,2,5-6H2,(H,19,20)(H,21,22). The summed E-state index contributed by atoms with van der Waals surface area (Å²) in [6.45, 7) is 0.686. The van der Waals surface area contributed by atoms with Crippen molar-refractivity contribution in [3.05, 3.63) is 47.5 Å². The van der Waals surface area contributed by atoms with Crippen molar-refractivity contribution in [1.82, 2.24) is 0 Å². The molecule has 3 rings (SSSR count). The lowest BCUT2D eigenvalue weighted by Crippen LogP contribution is -2.16. The zero-order chi connectivity index (χ0) is 19.6. The van der Waals surface area contributed by atoms with Gasteiger partial charge in [-0.2, -0.15) is 0 Å². The molecule has 0 aliphatic carbocycles. The fourth-order valence-corrected chi connectivity index (χ4v) is 3.59. The highest BCUT2D eigenvalue weighted by atomic mass is 32.2. The Bertz CT molecular complexity index is 1020. The molecule has 0 atom stereocenters. The van der Waals surface area contributed by atoms with E-state index in [0.29, 0.717) is 19.6 Å². The Morgan fingerprint density at radius 2 is 1.63 bits per heavy atom. The van der Waals surface area contributed by atoms with Crippen LogP contribution in [-0.2, 0) is 10.0 Å². The van der Waals surface area contributed by atoms with E-state index in [4.69, 9.17) is 14.6 Å². The van der Waals surface area contributed by atoms with E-state index in [1.807, 2.05) is 0 Å². The molecule has 3 N–H and O–H groups in total. The molecule has 0 amide bonds. The van der Waals surface area contributed by atoms with Gasteiger partial charge in [-0.1, -0.05) is 6.07 Å². The van der Waals surface area contributed by atoms with Crippen molar-refractivity contribution in [1.29, 1.82) is 0 Å². The third kappa shape index (κ3) is 3.95. The summed E-state index contributed by atoms with van der Waals surface area (Å²) in [5.41, 5.74) is -0.750. The molecule has 0 fully saturated rings. The maximum Gasteiger partial charge on any atom is 0.337 e. The number of fused-ring (bicyclic) bond motifs is 1. The minimum atomic E-state index is -4.23. The van der Waals surface area contributed by atoms with Crippen molar-refractivity contribution in [2.24, 2.45) is 0 Å². The lowest BCUT2D eigenvalue weighted by Gasteiger charge is -2.14. The molecule has 27 heavy (non-hydrogen) atoms. The quantitative estimate of drug-likeness (QED) is 0.701. The maximum absolute atomic E-state index is 12.6. The van der Waals surface area contributed by atoms with Crippen molar-refractivity contribution >= 4 is 27.6 Å². The molecule has 1 heterocycles. The van der Waals surface area contributed by atoms with E-state index in [1.165, 1.54) is 30.3 Å². The van der Waals surface area contributed by atoms with E-state index in [0.717, 1.165) is 6.07 Å². The van der Waals surface area contributed by atoms with Crippen LogP contribution in [0.15, 0.2) is 41.3 Å². The third-order valence-electron chi connectivity index (χ3n) is 3.75. The summed E-state index contributed by atoms with van der Waals surface area (Å²) in [6.07, 6.45) is 0.597. The van der Waals surface area contributed by atoms with Crippen LogP contribution in [0.25, 0.3) is 0 Å². The monoisotopic (exact) mass is 393 g/mol. The average Bonchev–Trinajstić information content (AvgIpc) is 2.85. The Kier molecular flexibility index (Phi) is 4.91. The molecule has 142 valence electrons. The molecule has 1 aliphatic rings. The van der Waals surface area contributed by atoms with Crippen molar-refractivity contribution in [3.63, 3.8) is 0 Å². The molecular formula is C17H15NO8S. The number of ether oxygens (including phenoxy) is 2. The number of hydrogen-bond donors (Lipinski definition) is 3. The predicted octanol–water partition coefficient (Wildman–Crippen LogP) is 2.05. The van der Waals surface area contributed by atoms with Gasteiger partial charge in [0, 0.05) is 18.6 Å². The van der Waals surface area contributed by atoms with Crippen LogP contribution in [0.3, 0.4) is 0 Å². The summed E-state index contributed by atoms with van der Waals surface area (Å²) < 4.78 is 38.3. The fourth-order valence-electron chi connectivity index (χ4n) is 2.47. The maximum atomic E-state index is 12.6. The number of nitrogens with one attached hydrogen (secondary N) is 1. The van der Waals surface area contributed by atoms with Crippen LogP contribution in [0.4, 0.5) is 5.69 Å². The molecule has 0 radical (unpaired) electrons. The van der Waals surface area contributed by atoms with Crippen LogP contribution in [0.5, 0.6) is 11.5 Å². The molecule has 0 aromatic heterocycles. The lowest BCUT2D eigenvalue weighted by atomic mass is 10.1. The summed E-state index contributed by atoms with van der Waals surface area (Å²) in [4.78, 5) is 22.3. The van der Waals surface area contributed by atoms with Gasteiger partial charge in [-0.05, 0) is 18.2 Å². The minimum Gasteiger partial charge on any atom is -0.490 e. The molecule has 0 unspecified atom stereocenters. The Balaban J connectivity index is 2.03. The third-order valence-corrected chi connectivity index (χ3v) is 5.12. The first-order chi connectivity index (χ1) is 12.8. The van der Waals surface area contributed by atoms with Crippen LogP contribution < -0.4 is 14.2 Å². The number of hydrogen-bond acceptors (Lipinski definition) is 6. The summed E-state index contributed by atoms with van der Waals surface area (Å²) in [6, 6.07) is 7.14. The van der Waals surface area contributed by atoms with Gasteiger partial charge < -0.3 is 19.7 Å². The largest absolute Gasteiger partial charge is 0.490 e. The first kappa shape index (κ1) is 18.5. The number of carboxylic acid groups (broad SMARTS) is 2. The highest BCUT2D eigenvalue weighted by molar-refractivity contribution is 7.92. The smallest absolute Gasteiger partial charge is 0.337 e. The summed E-state index contributed by atoms with van der Waals surface area (Å²) >= 11 is 0. The topological polar surface area (TPSA) is 139 Å². The predicted molar refractivity (Wildman–Crippen MR) is 93.2 cm³/mol. The van der Waals surface area contributed by atoms with E-state index in [2.05, 4.69) is 4.72 Å². The molecule has 9 nitrogen and oxygen atoms in total. The molecule has 0 spiro atoms.